The van der Waals surface area contributed by atoms with E-state index >= 15 is 0 Å². The SMILES string of the molecule is CC(NC1CC1)c1cccc(C#N)c1. The molecule has 0 amide bonds. The molecule has 1 unspecified atom stereocenters. The summed E-state index contributed by atoms with van der Waals surface area (Å²) in [5.41, 5.74) is 1.95. The van der Waals surface area contributed by atoms with Crippen LogP contribution in [0.3, 0.4) is 0 Å². The van der Waals surface area contributed by atoms with Gasteiger partial charge in [0.25, 0.3) is 0 Å². The fourth-order valence-corrected chi connectivity index (χ4v) is 1.58. The van der Waals surface area contributed by atoms with Gasteiger partial charge in [-0.15, -0.1) is 0 Å². The van der Waals surface area contributed by atoms with Crippen LogP contribution in [0.15, 0.2) is 24.3 Å². The van der Waals surface area contributed by atoms with E-state index < -0.39 is 0 Å². The average Bonchev–Trinajstić information content (AvgIpc) is 3.02. The van der Waals surface area contributed by atoms with Crippen molar-refractivity contribution in [1.29, 1.82) is 5.26 Å². The van der Waals surface area contributed by atoms with E-state index in [2.05, 4.69) is 24.4 Å². The molecule has 14 heavy (non-hydrogen) atoms. The summed E-state index contributed by atoms with van der Waals surface area (Å²) in [6.45, 7) is 2.15. The number of nitrogens with zero attached hydrogens (tertiary/aromatic N) is 1. The van der Waals surface area contributed by atoms with Crippen molar-refractivity contribution in [2.75, 3.05) is 0 Å². The second-order valence-corrected chi connectivity index (χ2v) is 3.90. The van der Waals surface area contributed by atoms with E-state index in [1.807, 2.05) is 18.2 Å². The lowest BCUT2D eigenvalue weighted by molar-refractivity contribution is 0.571. The van der Waals surface area contributed by atoms with Crippen molar-refractivity contribution in [1.82, 2.24) is 5.32 Å². The minimum Gasteiger partial charge on any atom is -0.307 e. The van der Waals surface area contributed by atoms with Gasteiger partial charge >= 0.3 is 0 Å². The highest BCUT2D eigenvalue weighted by Crippen LogP contribution is 2.24. The molecule has 0 heterocycles. The molecule has 1 aromatic rings. The lowest BCUT2D eigenvalue weighted by Gasteiger charge is -2.13. The first-order chi connectivity index (χ1) is 6.79. The largest absolute Gasteiger partial charge is 0.307 e. The van der Waals surface area contributed by atoms with E-state index in [1.165, 1.54) is 18.4 Å². The molecule has 1 aromatic carbocycles. The summed E-state index contributed by atoms with van der Waals surface area (Å²) < 4.78 is 0. The number of benzene rings is 1. The maximum atomic E-state index is 8.77. The number of nitriles is 1. The maximum Gasteiger partial charge on any atom is 0.0991 e. The van der Waals surface area contributed by atoms with Crippen LogP contribution in [0, 0.1) is 11.3 Å². The molecule has 1 N–H and O–H groups in total. The first-order valence-electron chi connectivity index (χ1n) is 5.05. The van der Waals surface area contributed by atoms with Gasteiger partial charge < -0.3 is 5.32 Å². The second kappa shape index (κ2) is 3.81. The number of rotatable bonds is 3. The summed E-state index contributed by atoms with van der Waals surface area (Å²) in [6, 6.07) is 11.0. The van der Waals surface area contributed by atoms with E-state index in [9.17, 15) is 0 Å². The van der Waals surface area contributed by atoms with Crippen molar-refractivity contribution in [2.24, 2.45) is 0 Å². The molecule has 0 aliphatic heterocycles. The van der Waals surface area contributed by atoms with E-state index in [1.54, 1.807) is 0 Å². The fraction of sp³-hybridized carbons (Fsp3) is 0.417. The van der Waals surface area contributed by atoms with Crippen LogP contribution in [0.1, 0.15) is 36.9 Å². The summed E-state index contributed by atoms with van der Waals surface area (Å²) >= 11 is 0. The van der Waals surface area contributed by atoms with Gasteiger partial charge in [-0.2, -0.15) is 5.26 Å². The Morgan fingerprint density at radius 1 is 1.50 bits per heavy atom. The Labute approximate surface area is 84.6 Å². The number of nitrogens with one attached hydrogen (secondary N) is 1. The highest BCUT2D eigenvalue weighted by Gasteiger charge is 2.23. The first kappa shape index (κ1) is 9.23. The van der Waals surface area contributed by atoms with Gasteiger partial charge in [0.2, 0.25) is 0 Å². The van der Waals surface area contributed by atoms with E-state index in [4.69, 9.17) is 5.26 Å². The van der Waals surface area contributed by atoms with Crippen molar-refractivity contribution in [3.8, 4) is 6.07 Å². The minimum absolute atomic E-state index is 0.357. The first-order valence-corrected chi connectivity index (χ1v) is 5.05. The lowest BCUT2D eigenvalue weighted by Crippen LogP contribution is -2.20. The molecular formula is C12H14N2. The van der Waals surface area contributed by atoms with Gasteiger partial charge in [-0.05, 0) is 37.5 Å². The molecule has 2 rings (SSSR count). The summed E-state index contributed by atoms with van der Waals surface area (Å²) in [4.78, 5) is 0. The Hall–Kier alpha value is -1.33. The third-order valence-electron chi connectivity index (χ3n) is 2.58. The lowest BCUT2D eigenvalue weighted by atomic mass is 10.1. The predicted molar refractivity (Wildman–Crippen MR) is 55.7 cm³/mol. The maximum absolute atomic E-state index is 8.77. The summed E-state index contributed by atoms with van der Waals surface area (Å²) in [6.07, 6.45) is 2.59. The van der Waals surface area contributed by atoms with Crippen LogP contribution in [0.25, 0.3) is 0 Å². The zero-order valence-corrected chi connectivity index (χ0v) is 8.33. The molecule has 0 saturated heterocycles. The Bertz CT molecular complexity index is 361. The van der Waals surface area contributed by atoms with Crippen molar-refractivity contribution in [3.05, 3.63) is 35.4 Å². The molecule has 1 aliphatic rings. The molecule has 0 aromatic heterocycles. The second-order valence-electron chi connectivity index (χ2n) is 3.90. The summed E-state index contributed by atoms with van der Waals surface area (Å²) in [5.74, 6) is 0. The van der Waals surface area contributed by atoms with Gasteiger partial charge in [-0.3, -0.25) is 0 Å². The predicted octanol–water partition coefficient (Wildman–Crippen LogP) is 2.37. The van der Waals surface area contributed by atoms with Crippen LogP contribution in [0.5, 0.6) is 0 Å². The van der Waals surface area contributed by atoms with Gasteiger partial charge in [0.15, 0.2) is 0 Å². The summed E-state index contributed by atoms with van der Waals surface area (Å²) in [5, 5.41) is 12.3. The molecule has 0 spiro atoms. The molecule has 1 saturated carbocycles. The van der Waals surface area contributed by atoms with Crippen LogP contribution >= 0.6 is 0 Å². The van der Waals surface area contributed by atoms with Crippen molar-refractivity contribution in [3.63, 3.8) is 0 Å². The standard InChI is InChI=1S/C12H14N2/c1-9(14-12-5-6-12)11-4-2-3-10(7-11)8-13/h2-4,7,9,12,14H,5-6H2,1H3. The molecule has 2 heteroatoms. The molecule has 0 radical (unpaired) electrons. The fourth-order valence-electron chi connectivity index (χ4n) is 1.58. The van der Waals surface area contributed by atoms with Gasteiger partial charge in [0.05, 0.1) is 11.6 Å². The third kappa shape index (κ3) is 2.12. The van der Waals surface area contributed by atoms with E-state index in [0.29, 0.717) is 12.1 Å². The molecular weight excluding hydrogens is 172 g/mol. The molecule has 72 valence electrons. The third-order valence-corrected chi connectivity index (χ3v) is 2.58. The highest BCUT2D eigenvalue weighted by atomic mass is 15.0. The van der Waals surface area contributed by atoms with Crippen molar-refractivity contribution in [2.45, 2.75) is 31.8 Å². The van der Waals surface area contributed by atoms with Crippen LogP contribution in [-0.2, 0) is 0 Å². The Balaban J connectivity index is 2.09. The Morgan fingerprint density at radius 2 is 2.29 bits per heavy atom. The van der Waals surface area contributed by atoms with E-state index in [-0.39, 0.29) is 0 Å². The minimum atomic E-state index is 0.357. The van der Waals surface area contributed by atoms with Crippen LogP contribution < -0.4 is 5.32 Å². The van der Waals surface area contributed by atoms with Gasteiger partial charge in [0.1, 0.15) is 0 Å². The number of hydrogen-bond donors (Lipinski definition) is 1. The normalized spacial score (nSPS) is 17.4. The quantitative estimate of drug-likeness (QED) is 0.786. The van der Waals surface area contributed by atoms with Crippen molar-refractivity contribution < 1.29 is 0 Å². The molecule has 1 aliphatic carbocycles. The number of hydrogen-bond acceptors (Lipinski definition) is 2. The molecule has 0 bridgehead atoms. The molecule has 1 fully saturated rings. The zero-order chi connectivity index (χ0) is 9.97. The summed E-state index contributed by atoms with van der Waals surface area (Å²) in [7, 11) is 0. The van der Waals surface area contributed by atoms with E-state index in [0.717, 1.165) is 5.56 Å². The van der Waals surface area contributed by atoms with Crippen molar-refractivity contribution >= 4 is 0 Å². The van der Waals surface area contributed by atoms with Gasteiger partial charge in [0, 0.05) is 12.1 Å². The van der Waals surface area contributed by atoms with Crippen LogP contribution in [0.2, 0.25) is 0 Å². The Kier molecular flexibility index (Phi) is 2.51. The topological polar surface area (TPSA) is 35.8 Å². The Morgan fingerprint density at radius 3 is 2.93 bits per heavy atom. The zero-order valence-electron chi connectivity index (χ0n) is 8.33. The van der Waals surface area contributed by atoms with Gasteiger partial charge in [-0.1, -0.05) is 12.1 Å². The highest BCUT2D eigenvalue weighted by molar-refractivity contribution is 5.34. The smallest absolute Gasteiger partial charge is 0.0991 e. The van der Waals surface area contributed by atoms with Crippen LogP contribution in [0.4, 0.5) is 0 Å². The average molecular weight is 186 g/mol. The van der Waals surface area contributed by atoms with Crippen LogP contribution in [-0.4, -0.2) is 6.04 Å². The molecule has 1 atom stereocenters. The van der Waals surface area contributed by atoms with Gasteiger partial charge in [-0.25, -0.2) is 0 Å². The monoisotopic (exact) mass is 186 g/mol. The molecule has 2 nitrogen and oxygen atoms in total.